The molecule has 0 spiro atoms. The van der Waals surface area contributed by atoms with Crippen LogP contribution in [0.1, 0.15) is 46.2 Å². The van der Waals surface area contributed by atoms with Gasteiger partial charge in [-0.05, 0) is 26.0 Å². The number of carboxylic acids is 1. The zero-order valence-corrected chi connectivity index (χ0v) is 12.4. The van der Waals surface area contributed by atoms with Crippen LogP contribution in [0, 0.1) is 0 Å². The number of carbonyl (C=O) groups excluding carboxylic acids is 1. The van der Waals surface area contributed by atoms with E-state index in [2.05, 4.69) is 4.74 Å². The highest BCUT2D eigenvalue weighted by Gasteiger charge is 2.27. The molecule has 2 unspecified atom stereocenters. The maximum atomic E-state index is 11.9. The molecule has 2 atom stereocenters. The number of aromatic carboxylic acids is 1. The summed E-state index contributed by atoms with van der Waals surface area (Å²) in [4.78, 5) is 22.2. The van der Waals surface area contributed by atoms with E-state index in [1.54, 1.807) is 0 Å². The molecule has 1 aromatic rings. The summed E-state index contributed by atoms with van der Waals surface area (Å²) in [7, 11) is -4.80. The number of esters is 1. The zero-order chi connectivity index (χ0) is 17.2. The summed E-state index contributed by atoms with van der Waals surface area (Å²) in [6.07, 6.45) is -2.99. The molecule has 0 radical (unpaired) electrons. The molecule has 1 rings (SSSR count). The van der Waals surface area contributed by atoms with Gasteiger partial charge in [-0.3, -0.25) is 4.55 Å². The standard InChI is InChI=1S/C12H14O9S/c1-5(13)10-8(11(15)16)3-7(22(18,19)20)4-9(10)12(17)21-6(2)14/h3-6,13-14H,1-2H3,(H,15,16)(H,18,19,20). The Balaban J connectivity index is 3.73. The molecule has 10 heteroatoms. The summed E-state index contributed by atoms with van der Waals surface area (Å²) in [5, 5.41) is 27.8. The van der Waals surface area contributed by atoms with Gasteiger partial charge in [0.15, 0.2) is 6.29 Å². The van der Waals surface area contributed by atoms with Crippen molar-refractivity contribution in [3.8, 4) is 0 Å². The second-order valence-corrected chi connectivity index (χ2v) is 5.81. The fraction of sp³-hybridized carbons (Fsp3) is 0.333. The molecule has 9 nitrogen and oxygen atoms in total. The molecule has 4 N–H and O–H groups in total. The van der Waals surface area contributed by atoms with Crippen LogP contribution in [-0.2, 0) is 14.9 Å². The van der Waals surface area contributed by atoms with E-state index >= 15 is 0 Å². The van der Waals surface area contributed by atoms with Crippen LogP contribution in [0.15, 0.2) is 17.0 Å². The summed E-state index contributed by atoms with van der Waals surface area (Å²) in [5.41, 5.74) is -1.68. The number of aliphatic hydroxyl groups excluding tert-OH is 2. The van der Waals surface area contributed by atoms with Crippen LogP contribution in [0.5, 0.6) is 0 Å². The van der Waals surface area contributed by atoms with E-state index in [1.165, 1.54) is 0 Å². The zero-order valence-electron chi connectivity index (χ0n) is 11.5. The molecule has 0 aliphatic carbocycles. The van der Waals surface area contributed by atoms with E-state index in [9.17, 15) is 23.1 Å². The van der Waals surface area contributed by atoms with Crippen LogP contribution in [0.4, 0.5) is 0 Å². The molecule has 0 bridgehead atoms. The van der Waals surface area contributed by atoms with Gasteiger partial charge in [-0.1, -0.05) is 0 Å². The Morgan fingerprint density at radius 1 is 1.14 bits per heavy atom. The first kappa shape index (κ1) is 18.0. The van der Waals surface area contributed by atoms with Gasteiger partial charge < -0.3 is 20.1 Å². The predicted octanol–water partition coefficient (Wildman–Crippen LogP) is 0.180. The van der Waals surface area contributed by atoms with Gasteiger partial charge in [0, 0.05) is 5.56 Å². The molecule has 0 fully saturated rings. The average Bonchev–Trinajstić information content (AvgIpc) is 2.34. The van der Waals surface area contributed by atoms with Crippen molar-refractivity contribution >= 4 is 22.1 Å². The van der Waals surface area contributed by atoms with Gasteiger partial charge in [0.2, 0.25) is 0 Å². The number of hydrogen-bond donors (Lipinski definition) is 4. The van der Waals surface area contributed by atoms with E-state index < -0.39 is 56.0 Å². The largest absolute Gasteiger partial charge is 0.478 e. The van der Waals surface area contributed by atoms with Crippen molar-refractivity contribution in [1.29, 1.82) is 0 Å². The number of rotatable bonds is 5. The first-order valence-corrected chi connectivity index (χ1v) is 7.35. The lowest BCUT2D eigenvalue weighted by Gasteiger charge is -2.16. The maximum absolute atomic E-state index is 11.9. The Morgan fingerprint density at radius 2 is 1.64 bits per heavy atom. The van der Waals surface area contributed by atoms with Gasteiger partial charge in [0.05, 0.1) is 22.1 Å². The molecule has 0 aliphatic rings. The number of carboxylic acid groups (broad SMARTS) is 1. The van der Waals surface area contributed by atoms with Gasteiger partial charge in [-0.25, -0.2) is 9.59 Å². The molecule has 0 heterocycles. The smallest absolute Gasteiger partial charge is 0.340 e. The Labute approximate surface area is 125 Å². The van der Waals surface area contributed by atoms with Crippen molar-refractivity contribution in [2.45, 2.75) is 31.1 Å². The lowest BCUT2D eigenvalue weighted by atomic mass is 9.97. The van der Waals surface area contributed by atoms with Crippen LogP contribution < -0.4 is 0 Å². The highest BCUT2D eigenvalue weighted by atomic mass is 32.2. The van der Waals surface area contributed by atoms with Gasteiger partial charge >= 0.3 is 11.9 Å². The summed E-state index contributed by atoms with van der Waals surface area (Å²) in [6.45, 7) is 2.26. The average molecular weight is 334 g/mol. The van der Waals surface area contributed by atoms with Gasteiger partial charge in [0.25, 0.3) is 10.1 Å². The molecule has 1 aromatic carbocycles. The van der Waals surface area contributed by atoms with Crippen molar-refractivity contribution in [2.75, 3.05) is 0 Å². The van der Waals surface area contributed by atoms with Gasteiger partial charge in [-0.2, -0.15) is 8.42 Å². The van der Waals surface area contributed by atoms with Crippen molar-refractivity contribution < 1.29 is 42.6 Å². The third-order valence-electron chi connectivity index (χ3n) is 2.60. The minimum Gasteiger partial charge on any atom is -0.478 e. The van der Waals surface area contributed by atoms with Crippen LogP contribution in [0.2, 0.25) is 0 Å². The van der Waals surface area contributed by atoms with Crippen molar-refractivity contribution in [2.24, 2.45) is 0 Å². The van der Waals surface area contributed by atoms with Crippen LogP contribution in [-0.4, -0.2) is 46.5 Å². The first-order valence-electron chi connectivity index (χ1n) is 5.91. The van der Waals surface area contributed by atoms with Crippen LogP contribution in [0.25, 0.3) is 0 Å². The summed E-state index contributed by atoms with van der Waals surface area (Å²) >= 11 is 0. The molecule has 0 saturated heterocycles. The highest BCUT2D eigenvalue weighted by molar-refractivity contribution is 7.85. The minimum atomic E-state index is -4.80. The molecule has 0 aromatic heterocycles. The summed E-state index contributed by atoms with van der Waals surface area (Å²) in [5.74, 6) is -2.87. The van der Waals surface area contributed by atoms with E-state index in [1.807, 2.05) is 0 Å². The topological polar surface area (TPSA) is 158 Å². The lowest BCUT2D eigenvalue weighted by Crippen LogP contribution is -2.20. The molecule has 0 aliphatic heterocycles. The maximum Gasteiger partial charge on any atom is 0.340 e. The summed E-state index contributed by atoms with van der Waals surface area (Å²) in [6, 6.07) is 1.27. The monoisotopic (exact) mass is 334 g/mol. The van der Waals surface area contributed by atoms with Gasteiger partial charge in [0.1, 0.15) is 0 Å². The fourth-order valence-electron chi connectivity index (χ4n) is 1.79. The number of aliphatic hydroxyl groups is 2. The molecular weight excluding hydrogens is 320 g/mol. The number of benzene rings is 1. The first-order chi connectivity index (χ1) is 9.95. The quantitative estimate of drug-likeness (QED) is 0.334. The molecular formula is C12H14O9S. The third kappa shape index (κ3) is 4.01. The van der Waals surface area contributed by atoms with E-state index in [0.29, 0.717) is 12.1 Å². The number of carbonyl (C=O) groups is 2. The van der Waals surface area contributed by atoms with Crippen molar-refractivity contribution in [3.63, 3.8) is 0 Å². The van der Waals surface area contributed by atoms with Crippen molar-refractivity contribution in [3.05, 3.63) is 28.8 Å². The Hall–Kier alpha value is -2.01. The Morgan fingerprint density at radius 3 is 2.00 bits per heavy atom. The summed E-state index contributed by atoms with van der Waals surface area (Å²) < 4.78 is 35.9. The molecule has 0 saturated carbocycles. The Kier molecular flexibility index (Phi) is 5.25. The lowest BCUT2D eigenvalue weighted by molar-refractivity contribution is -0.0525. The molecule has 0 amide bonds. The second-order valence-electron chi connectivity index (χ2n) is 4.39. The van der Waals surface area contributed by atoms with Crippen LogP contribution in [0.3, 0.4) is 0 Å². The molecule has 22 heavy (non-hydrogen) atoms. The normalized spacial score (nSPS) is 14.2. The second kappa shape index (κ2) is 6.40. The van der Waals surface area contributed by atoms with Crippen molar-refractivity contribution in [1.82, 2.24) is 0 Å². The van der Waals surface area contributed by atoms with Crippen LogP contribution >= 0.6 is 0 Å². The van der Waals surface area contributed by atoms with Gasteiger partial charge in [-0.15, -0.1) is 0 Å². The van der Waals surface area contributed by atoms with E-state index in [0.717, 1.165) is 13.8 Å². The highest BCUT2D eigenvalue weighted by Crippen LogP contribution is 2.27. The SMILES string of the molecule is CC(O)OC(=O)c1cc(S(=O)(=O)O)cc(C(=O)O)c1C(C)O. The number of hydrogen-bond acceptors (Lipinski definition) is 7. The fourth-order valence-corrected chi connectivity index (χ4v) is 2.32. The molecule has 122 valence electrons. The minimum absolute atomic E-state index is 0.398. The Bertz CT molecular complexity index is 704. The van der Waals surface area contributed by atoms with E-state index in [4.69, 9.17) is 14.8 Å². The number of ether oxygens (including phenoxy) is 1. The third-order valence-corrected chi connectivity index (χ3v) is 3.43. The van der Waals surface area contributed by atoms with E-state index in [-0.39, 0.29) is 0 Å². The predicted molar refractivity (Wildman–Crippen MR) is 70.9 cm³/mol.